The lowest BCUT2D eigenvalue weighted by Crippen LogP contribution is -2.27. The van der Waals surface area contributed by atoms with Crippen LogP contribution in [0.1, 0.15) is 18.1 Å². The average molecular weight is 540 g/mol. The van der Waals surface area contributed by atoms with Crippen molar-refractivity contribution in [3.05, 3.63) is 66.1 Å². The van der Waals surface area contributed by atoms with Crippen LogP contribution >= 0.6 is 34.4 Å². The van der Waals surface area contributed by atoms with Crippen molar-refractivity contribution >= 4 is 57.3 Å². The number of amides is 2. The van der Waals surface area contributed by atoms with Crippen molar-refractivity contribution in [2.24, 2.45) is 0 Å². The van der Waals surface area contributed by atoms with Crippen LogP contribution in [0.2, 0.25) is 0 Å². The van der Waals surface area contributed by atoms with E-state index in [1.165, 1.54) is 31.4 Å². The number of hydrogen-bond acceptors (Lipinski definition) is 7. The van der Waals surface area contributed by atoms with Gasteiger partial charge in [0.1, 0.15) is 0 Å². The second-order valence-electron chi connectivity index (χ2n) is 6.16. The van der Waals surface area contributed by atoms with Gasteiger partial charge in [-0.25, -0.2) is 0 Å². The molecule has 3 rings (SSSR count). The fraction of sp³-hybridized carbons (Fsp3) is 0.200. The van der Waals surface area contributed by atoms with Crippen LogP contribution in [-0.2, 0) is 11.3 Å². The van der Waals surface area contributed by atoms with Gasteiger partial charge >= 0.3 is 0 Å². The number of nitro groups is 1. The summed E-state index contributed by atoms with van der Waals surface area (Å²) < 4.78 is 11.8. The third-order valence-electron chi connectivity index (χ3n) is 4.20. The van der Waals surface area contributed by atoms with Crippen molar-refractivity contribution in [2.75, 3.05) is 13.7 Å². The minimum Gasteiger partial charge on any atom is -0.493 e. The fourth-order valence-electron chi connectivity index (χ4n) is 2.80. The predicted octanol–water partition coefficient (Wildman–Crippen LogP) is 4.84. The number of benzene rings is 2. The summed E-state index contributed by atoms with van der Waals surface area (Å²) in [4.78, 5) is 36.8. The first kappa shape index (κ1) is 22.1. The van der Waals surface area contributed by atoms with E-state index in [1.54, 1.807) is 12.1 Å². The molecule has 0 aliphatic carbocycles. The zero-order valence-electron chi connectivity index (χ0n) is 16.1. The number of ether oxygens (including phenoxy) is 2. The molecule has 0 bridgehead atoms. The van der Waals surface area contributed by atoms with Gasteiger partial charge in [-0.1, -0.05) is 12.1 Å². The Balaban J connectivity index is 1.82. The highest BCUT2D eigenvalue weighted by molar-refractivity contribution is 14.1. The van der Waals surface area contributed by atoms with Crippen molar-refractivity contribution < 1.29 is 24.0 Å². The quantitative estimate of drug-likeness (QED) is 0.215. The number of halogens is 1. The van der Waals surface area contributed by atoms with Crippen LogP contribution in [0.25, 0.3) is 6.08 Å². The molecule has 0 saturated carbocycles. The molecule has 1 fully saturated rings. The third kappa shape index (κ3) is 4.75. The Bertz CT molecular complexity index is 1040. The summed E-state index contributed by atoms with van der Waals surface area (Å²) in [6.45, 7) is 2.42. The van der Waals surface area contributed by atoms with Crippen molar-refractivity contribution in [2.45, 2.75) is 13.5 Å². The Morgan fingerprint density at radius 2 is 1.93 bits per heavy atom. The summed E-state index contributed by atoms with van der Waals surface area (Å²) in [6, 6.07) is 9.35. The Hall–Kier alpha value is -2.60. The topological polar surface area (TPSA) is 99.0 Å². The molecule has 0 N–H and O–H groups in total. The number of methoxy groups -OCH3 is 1. The maximum atomic E-state index is 12.8. The van der Waals surface area contributed by atoms with E-state index >= 15 is 0 Å². The molecule has 8 nitrogen and oxygen atoms in total. The second-order valence-corrected chi connectivity index (χ2v) is 8.31. The molecule has 30 heavy (non-hydrogen) atoms. The number of carbonyl (C=O) groups excluding carboxylic acids is 2. The van der Waals surface area contributed by atoms with E-state index in [2.05, 4.69) is 22.6 Å². The summed E-state index contributed by atoms with van der Waals surface area (Å²) in [5, 5.41) is 10.4. The molecular weight excluding hydrogens is 523 g/mol. The zero-order valence-corrected chi connectivity index (χ0v) is 19.1. The van der Waals surface area contributed by atoms with Gasteiger partial charge < -0.3 is 9.47 Å². The molecule has 2 aromatic rings. The van der Waals surface area contributed by atoms with Crippen molar-refractivity contribution in [3.63, 3.8) is 0 Å². The van der Waals surface area contributed by atoms with E-state index in [4.69, 9.17) is 9.47 Å². The molecular formula is C20H17IN2O6S. The van der Waals surface area contributed by atoms with E-state index in [9.17, 15) is 19.7 Å². The highest BCUT2D eigenvalue weighted by atomic mass is 127. The van der Waals surface area contributed by atoms with Crippen LogP contribution in [0, 0.1) is 13.7 Å². The first-order valence-corrected chi connectivity index (χ1v) is 10.7. The standard InChI is InChI=1S/C20H17IN2O6S/c1-3-29-18-15(21)8-13(9-16(18)28-2)10-17-19(24)22(20(25)30-17)11-12-4-6-14(7-5-12)23(26)27/h4-10H,3,11H2,1-2H3/b17-10+. The van der Waals surface area contributed by atoms with Crippen molar-refractivity contribution in [1.29, 1.82) is 0 Å². The smallest absolute Gasteiger partial charge is 0.293 e. The number of rotatable bonds is 7. The van der Waals surface area contributed by atoms with Gasteiger partial charge in [0.15, 0.2) is 11.5 Å². The molecule has 2 amide bonds. The number of nitro benzene ring substituents is 1. The van der Waals surface area contributed by atoms with Gasteiger partial charge in [0.05, 0.1) is 33.7 Å². The molecule has 0 atom stereocenters. The lowest BCUT2D eigenvalue weighted by molar-refractivity contribution is -0.384. The number of non-ortho nitro benzene ring substituents is 1. The Morgan fingerprint density at radius 3 is 2.53 bits per heavy atom. The number of hydrogen-bond donors (Lipinski definition) is 0. The van der Waals surface area contributed by atoms with Gasteiger partial charge in [0, 0.05) is 12.1 Å². The van der Waals surface area contributed by atoms with E-state index in [0.29, 0.717) is 34.1 Å². The first-order valence-electron chi connectivity index (χ1n) is 8.83. The van der Waals surface area contributed by atoms with Crippen LogP contribution in [0.15, 0.2) is 41.3 Å². The largest absolute Gasteiger partial charge is 0.493 e. The SMILES string of the molecule is CCOc1c(I)cc(/C=C2/SC(=O)N(Cc3ccc([N+](=O)[O-])cc3)C2=O)cc1OC. The lowest BCUT2D eigenvalue weighted by atomic mass is 10.1. The van der Waals surface area contributed by atoms with Crippen LogP contribution < -0.4 is 9.47 Å². The molecule has 0 unspecified atom stereocenters. The molecule has 0 aromatic heterocycles. The highest BCUT2D eigenvalue weighted by Crippen LogP contribution is 2.37. The summed E-state index contributed by atoms with van der Waals surface area (Å²) in [5.41, 5.74) is 1.29. The summed E-state index contributed by atoms with van der Waals surface area (Å²) in [7, 11) is 1.54. The molecule has 1 heterocycles. The van der Waals surface area contributed by atoms with Crippen LogP contribution in [0.5, 0.6) is 11.5 Å². The van der Waals surface area contributed by atoms with Gasteiger partial charge in [-0.2, -0.15) is 0 Å². The number of thioether (sulfide) groups is 1. The summed E-state index contributed by atoms with van der Waals surface area (Å²) in [6.07, 6.45) is 1.64. The van der Waals surface area contributed by atoms with Gasteiger partial charge in [-0.05, 0) is 70.6 Å². The molecule has 0 radical (unpaired) electrons. The molecule has 10 heteroatoms. The number of carbonyl (C=O) groups is 2. The Kier molecular flexibility index (Phi) is 6.98. The minimum absolute atomic E-state index is 0.0458. The van der Waals surface area contributed by atoms with Gasteiger partial charge in [-0.3, -0.25) is 24.6 Å². The Labute approximate surface area is 190 Å². The highest BCUT2D eigenvalue weighted by Gasteiger charge is 2.35. The van der Waals surface area contributed by atoms with Crippen molar-refractivity contribution in [1.82, 2.24) is 4.90 Å². The van der Waals surface area contributed by atoms with E-state index < -0.39 is 16.1 Å². The summed E-state index contributed by atoms with van der Waals surface area (Å²) in [5.74, 6) is 0.760. The average Bonchev–Trinajstić information content (AvgIpc) is 2.97. The van der Waals surface area contributed by atoms with E-state index in [0.717, 1.165) is 20.2 Å². The molecule has 0 spiro atoms. The van der Waals surface area contributed by atoms with Gasteiger partial charge in [0.25, 0.3) is 16.8 Å². The van der Waals surface area contributed by atoms with Crippen LogP contribution in [0.4, 0.5) is 10.5 Å². The van der Waals surface area contributed by atoms with Crippen LogP contribution in [-0.4, -0.2) is 34.7 Å². The molecule has 1 saturated heterocycles. The zero-order chi connectivity index (χ0) is 21.8. The fourth-order valence-corrected chi connectivity index (χ4v) is 4.42. The van der Waals surface area contributed by atoms with Gasteiger partial charge in [0.2, 0.25) is 0 Å². The predicted molar refractivity (Wildman–Crippen MR) is 121 cm³/mol. The van der Waals surface area contributed by atoms with Crippen molar-refractivity contribution in [3.8, 4) is 11.5 Å². The third-order valence-corrected chi connectivity index (χ3v) is 5.91. The summed E-state index contributed by atoms with van der Waals surface area (Å²) >= 11 is 2.98. The first-order chi connectivity index (χ1) is 14.3. The molecule has 2 aromatic carbocycles. The second kappa shape index (κ2) is 9.47. The monoisotopic (exact) mass is 540 g/mol. The molecule has 1 aliphatic heterocycles. The number of imide groups is 1. The van der Waals surface area contributed by atoms with Gasteiger partial charge in [-0.15, -0.1) is 0 Å². The minimum atomic E-state index is -0.501. The Morgan fingerprint density at radius 1 is 1.23 bits per heavy atom. The maximum Gasteiger partial charge on any atom is 0.293 e. The van der Waals surface area contributed by atoms with E-state index in [1.807, 2.05) is 13.0 Å². The van der Waals surface area contributed by atoms with E-state index in [-0.39, 0.29) is 12.2 Å². The maximum absolute atomic E-state index is 12.8. The normalized spacial score (nSPS) is 15.0. The molecule has 156 valence electrons. The lowest BCUT2D eigenvalue weighted by Gasteiger charge is -2.13. The number of nitrogens with zero attached hydrogens (tertiary/aromatic N) is 2. The van der Waals surface area contributed by atoms with Crippen LogP contribution in [0.3, 0.4) is 0 Å². The molecule has 1 aliphatic rings.